The highest BCUT2D eigenvalue weighted by Gasteiger charge is 2.25. The summed E-state index contributed by atoms with van der Waals surface area (Å²) in [7, 11) is 0. The first-order valence-corrected chi connectivity index (χ1v) is 9.05. The molecule has 1 aromatic heterocycles. The molecule has 0 bridgehead atoms. The summed E-state index contributed by atoms with van der Waals surface area (Å²) < 4.78 is 5.18. The molecule has 1 amide bonds. The standard InChI is InChI=1S/C17H9Cl5N2O2/c1-7-14(16(24-26-7)15-8(18)3-2-4-9(15)19)17(25)23-13-6-11(21)10(20)5-12(13)22/h2-6H,1H3,(H,23,25). The van der Waals surface area contributed by atoms with Gasteiger partial charge in [0.2, 0.25) is 0 Å². The van der Waals surface area contributed by atoms with E-state index < -0.39 is 5.91 Å². The van der Waals surface area contributed by atoms with Crippen molar-refractivity contribution in [2.75, 3.05) is 5.32 Å². The molecule has 0 saturated heterocycles. The molecule has 0 fully saturated rings. The van der Waals surface area contributed by atoms with Crippen LogP contribution in [0.3, 0.4) is 0 Å². The van der Waals surface area contributed by atoms with Gasteiger partial charge in [0.25, 0.3) is 5.91 Å². The number of aromatic nitrogens is 1. The van der Waals surface area contributed by atoms with Crippen LogP contribution in [-0.2, 0) is 0 Å². The fraction of sp³-hybridized carbons (Fsp3) is 0.0588. The number of rotatable bonds is 3. The molecule has 9 heteroatoms. The maximum Gasteiger partial charge on any atom is 0.261 e. The van der Waals surface area contributed by atoms with Gasteiger partial charge in [0.15, 0.2) is 0 Å². The van der Waals surface area contributed by atoms with Crippen LogP contribution in [-0.4, -0.2) is 11.1 Å². The van der Waals surface area contributed by atoms with Gasteiger partial charge in [0.05, 0.1) is 30.8 Å². The molecule has 0 aliphatic carbocycles. The molecule has 0 radical (unpaired) electrons. The van der Waals surface area contributed by atoms with Crippen LogP contribution in [0.2, 0.25) is 25.1 Å². The number of nitrogens with one attached hydrogen (secondary N) is 1. The van der Waals surface area contributed by atoms with E-state index in [2.05, 4.69) is 10.5 Å². The summed E-state index contributed by atoms with van der Waals surface area (Å²) in [4.78, 5) is 12.8. The number of hydrogen-bond donors (Lipinski definition) is 1. The lowest BCUT2D eigenvalue weighted by molar-refractivity contribution is 0.102. The van der Waals surface area contributed by atoms with Gasteiger partial charge in [0, 0.05) is 5.56 Å². The monoisotopic (exact) mass is 448 g/mol. The molecule has 3 aromatic rings. The average molecular weight is 451 g/mol. The lowest BCUT2D eigenvalue weighted by Gasteiger charge is -2.10. The van der Waals surface area contributed by atoms with E-state index in [9.17, 15) is 4.79 Å². The van der Waals surface area contributed by atoms with Crippen LogP contribution >= 0.6 is 58.0 Å². The van der Waals surface area contributed by atoms with Gasteiger partial charge in [-0.25, -0.2) is 0 Å². The second-order valence-corrected chi connectivity index (χ2v) is 7.30. The highest BCUT2D eigenvalue weighted by molar-refractivity contribution is 6.44. The van der Waals surface area contributed by atoms with E-state index in [1.54, 1.807) is 25.1 Å². The summed E-state index contributed by atoms with van der Waals surface area (Å²) in [6, 6.07) is 7.87. The summed E-state index contributed by atoms with van der Waals surface area (Å²) in [5, 5.41) is 8.06. The fourth-order valence-corrected chi connectivity index (χ4v) is 3.51. The van der Waals surface area contributed by atoms with Gasteiger partial charge < -0.3 is 9.84 Å². The minimum absolute atomic E-state index is 0.183. The number of halogens is 5. The third-order valence-corrected chi connectivity index (χ3v) is 5.21. The van der Waals surface area contributed by atoms with E-state index in [-0.39, 0.29) is 26.3 Å². The molecule has 0 unspecified atom stereocenters. The normalized spacial score (nSPS) is 10.8. The zero-order valence-corrected chi connectivity index (χ0v) is 16.8. The Hall–Kier alpha value is -1.43. The van der Waals surface area contributed by atoms with Gasteiger partial charge >= 0.3 is 0 Å². The zero-order chi connectivity index (χ0) is 19.0. The van der Waals surface area contributed by atoms with Gasteiger partial charge in [-0.05, 0) is 31.2 Å². The van der Waals surface area contributed by atoms with Gasteiger partial charge in [-0.1, -0.05) is 69.2 Å². The highest BCUT2D eigenvalue weighted by Crippen LogP contribution is 2.38. The molecular formula is C17H9Cl5N2O2. The molecule has 1 N–H and O–H groups in total. The Balaban J connectivity index is 2.05. The van der Waals surface area contributed by atoms with Crippen LogP contribution in [0, 0.1) is 6.92 Å². The minimum Gasteiger partial charge on any atom is -0.360 e. The molecule has 0 aliphatic heterocycles. The maximum absolute atomic E-state index is 12.8. The first-order chi connectivity index (χ1) is 12.3. The van der Waals surface area contributed by atoms with Crippen molar-refractivity contribution in [1.29, 1.82) is 0 Å². The summed E-state index contributed by atoms with van der Waals surface area (Å²) in [6.45, 7) is 1.60. The van der Waals surface area contributed by atoms with Crippen LogP contribution in [0.1, 0.15) is 16.1 Å². The third kappa shape index (κ3) is 3.66. The SMILES string of the molecule is Cc1onc(-c2c(Cl)cccc2Cl)c1C(=O)Nc1cc(Cl)c(Cl)cc1Cl. The number of benzene rings is 2. The quantitative estimate of drug-likeness (QED) is 0.430. The third-order valence-electron chi connectivity index (χ3n) is 3.55. The molecule has 3 rings (SSSR count). The Kier molecular flexibility index (Phi) is 5.70. The van der Waals surface area contributed by atoms with Gasteiger partial charge in [-0.2, -0.15) is 0 Å². The Morgan fingerprint density at radius 3 is 2.23 bits per heavy atom. The van der Waals surface area contributed by atoms with Gasteiger partial charge in [-0.3, -0.25) is 4.79 Å². The Morgan fingerprint density at radius 1 is 0.962 bits per heavy atom. The summed E-state index contributed by atoms with van der Waals surface area (Å²) in [5.41, 5.74) is 1.11. The van der Waals surface area contributed by atoms with E-state index in [0.717, 1.165) is 0 Å². The Bertz CT molecular complexity index is 996. The van der Waals surface area contributed by atoms with Crippen molar-refractivity contribution in [3.8, 4) is 11.3 Å². The van der Waals surface area contributed by atoms with Crippen LogP contribution in [0.5, 0.6) is 0 Å². The van der Waals surface area contributed by atoms with Crippen molar-refractivity contribution < 1.29 is 9.32 Å². The predicted octanol–water partition coefficient (Wildman–Crippen LogP) is 7.17. The van der Waals surface area contributed by atoms with E-state index in [1.807, 2.05) is 0 Å². The number of nitrogens with zero attached hydrogens (tertiary/aromatic N) is 1. The van der Waals surface area contributed by atoms with Crippen LogP contribution < -0.4 is 5.32 Å². The van der Waals surface area contributed by atoms with Crippen LogP contribution in [0.15, 0.2) is 34.9 Å². The summed E-state index contributed by atoms with van der Waals surface area (Å²) in [5.74, 6) is -0.209. The first kappa shape index (κ1) is 19.3. The predicted molar refractivity (Wildman–Crippen MR) is 106 cm³/mol. The average Bonchev–Trinajstić information content (AvgIpc) is 2.94. The number of carbonyl (C=O) groups is 1. The lowest BCUT2D eigenvalue weighted by atomic mass is 10.1. The lowest BCUT2D eigenvalue weighted by Crippen LogP contribution is -2.14. The van der Waals surface area contributed by atoms with Crippen molar-refractivity contribution in [2.45, 2.75) is 6.92 Å². The zero-order valence-electron chi connectivity index (χ0n) is 13.0. The van der Waals surface area contributed by atoms with E-state index in [4.69, 9.17) is 62.5 Å². The van der Waals surface area contributed by atoms with Crippen molar-refractivity contribution >= 4 is 69.6 Å². The van der Waals surface area contributed by atoms with Gasteiger partial charge in [0.1, 0.15) is 17.0 Å². The second kappa shape index (κ2) is 7.67. The summed E-state index contributed by atoms with van der Waals surface area (Å²) in [6.07, 6.45) is 0. The smallest absolute Gasteiger partial charge is 0.261 e. The molecule has 134 valence electrons. The molecule has 4 nitrogen and oxygen atoms in total. The summed E-state index contributed by atoms with van der Waals surface area (Å²) >= 11 is 30.5. The second-order valence-electron chi connectivity index (χ2n) is 5.26. The van der Waals surface area contributed by atoms with E-state index in [0.29, 0.717) is 27.1 Å². The first-order valence-electron chi connectivity index (χ1n) is 7.16. The minimum atomic E-state index is -0.505. The number of hydrogen-bond acceptors (Lipinski definition) is 3. The number of aryl methyl sites for hydroxylation is 1. The molecule has 2 aromatic carbocycles. The molecule has 1 heterocycles. The molecule has 0 atom stereocenters. The molecule has 0 spiro atoms. The molecule has 0 aliphatic rings. The molecule has 0 saturated carbocycles. The highest BCUT2D eigenvalue weighted by atomic mass is 35.5. The van der Waals surface area contributed by atoms with Gasteiger partial charge in [-0.15, -0.1) is 0 Å². The van der Waals surface area contributed by atoms with Crippen molar-refractivity contribution in [3.05, 3.63) is 66.8 Å². The van der Waals surface area contributed by atoms with Crippen LogP contribution in [0.4, 0.5) is 5.69 Å². The topological polar surface area (TPSA) is 55.1 Å². The molecular weight excluding hydrogens is 441 g/mol. The molecule has 26 heavy (non-hydrogen) atoms. The fourth-order valence-electron chi connectivity index (χ4n) is 2.34. The van der Waals surface area contributed by atoms with Crippen molar-refractivity contribution in [1.82, 2.24) is 5.16 Å². The Morgan fingerprint density at radius 2 is 1.58 bits per heavy atom. The van der Waals surface area contributed by atoms with Crippen LogP contribution in [0.25, 0.3) is 11.3 Å². The van der Waals surface area contributed by atoms with E-state index in [1.165, 1.54) is 12.1 Å². The number of amides is 1. The number of carbonyl (C=O) groups excluding carboxylic acids is 1. The number of anilines is 1. The largest absolute Gasteiger partial charge is 0.360 e. The van der Waals surface area contributed by atoms with Crippen molar-refractivity contribution in [2.24, 2.45) is 0 Å². The Labute approximate surface area is 173 Å². The van der Waals surface area contributed by atoms with Crippen molar-refractivity contribution in [3.63, 3.8) is 0 Å². The van der Waals surface area contributed by atoms with E-state index >= 15 is 0 Å². The maximum atomic E-state index is 12.8.